The predicted molar refractivity (Wildman–Crippen MR) is 266 cm³/mol. The van der Waals surface area contributed by atoms with E-state index >= 15 is 4.79 Å². The minimum atomic E-state index is -1.52. The zero-order chi connectivity index (χ0) is 51.6. The fourth-order valence-corrected chi connectivity index (χ4v) is 13.5. The van der Waals surface area contributed by atoms with Crippen LogP contribution in [0.2, 0.25) is 0 Å². The number of rotatable bonds is 9. The Morgan fingerprint density at radius 3 is 2.16 bits per heavy atom. The second-order valence-corrected chi connectivity index (χ2v) is 20.3. The lowest BCUT2D eigenvalue weighted by Gasteiger charge is -2.62. The van der Waals surface area contributed by atoms with E-state index in [0.717, 1.165) is 16.7 Å². The molecule has 19 heteroatoms. The number of carbonyl (C=O) groups excluding carboxylic acids is 4. The van der Waals surface area contributed by atoms with Gasteiger partial charge in [0, 0.05) is 47.5 Å². The first-order valence-electron chi connectivity index (χ1n) is 24.4. The van der Waals surface area contributed by atoms with Crippen LogP contribution < -0.4 is 38.5 Å². The number of piperazine rings is 1. The molecule has 74 heavy (non-hydrogen) atoms. The molecule has 2 N–H and O–H groups in total. The van der Waals surface area contributed by atoms with E-state index in [-0.39, 0.29) is 55.4 Å². The van der Waals surface area contributed by atoms with Crippen LogP contribution in [-0.2, 0) is 55.4 Å². The Hall–Kier alpha value is -7.03. The highest BCUT2D eigenvalue weighted by molar-refractivity contribution is 7.99. The molecule has 0 saturated carbocycles. The van der Waals surface area contributed by atoms with E-state index in [4.69, 9.17) is 47.4 Å². The Balaban J connectivity index is 1.05. The molecular weight excluding hydrogens is 975 g/mol. The number of methoxy groups -OCH3 is 2. The Kier molecular flexibility index (Phi) is 13.1. The van der Waals surface area contributed by atoms with Gasteiger partial charge in [0.25, 0.3) is 0 Å². The molecule has 7 heterocycles. The van der Waals surface area contributed by atoms with Crippen molar-refractivity contribution in [2.24, 2.45) is 0 Å². The predicted octanol–water partition coefficient (Wildman–Crippen LogP) is 7.43. The van der Waals surface area contributed by atoms with Crippen LogP contribution in [0.1, 0.15) is 79.9 Å². The number of hydrogen-bond acceptors (Lipinski definition) is 19. The van der Waals surface area contributed by atoms with Crippen LogP contribution in [0.4, 0.5) is 9.59 Å². The van der Waals surface area contributed by atoms with E-state index in [9.17, 15) is 19.5 Å². The summed E-state index contributed by atoms with van der Waals surface area (Å²) in [5.41, 5.74) is 5.18. The molecular formula is C55H55N3O15S. The Morgan fingerprint density at radius 1 is 0.797 bits per heavy atom. The zero-order valence-electron chi connectivity index (χ0n) is 41.6. The lowest BCUT2D eigenvalue weighted by atomic mass is 9.73. The van der Waals surface area contributed by atoms with E-state index in [1.807, 2.05) is 85.6 Å². The largest absolute Gasteiger partial charge is 0.514 e. The summed E-state index contributed by atoms with van der Waals surface area (Å²) < 4.78 is 60.3. The number of ether oxygens (including phenoxy) is 10. The van der Waals surface area contributed by atoms with Gasteiger partial charge in [-0.05, 0) is 79.3 Å². The van der Waals surface area contributed by atoms with Gasteiger partial charge in [-0.15, -0.1) is 11.8 Å². The summed E-state index contributed by atoms with van der Waals surface area (Å²) in [6.07, 6.45) is -2.23. The van der Waals surface area contributed by atoms with Gasteiger partial charge >= 0.3 is 24.2 Å². The number of esters is 2. The fraction of sp³-hybridized carbons (Fsp3) is 0.382. The maximum atomic E-state index is 15.3. The van der Waals surface area contributed by atoms with Gasteiger partial charge < -0.3 is 52.5 Å². The third-order valence-electron chi connectivity index (χ3n) is 15.0. The quantitative estimate of drug-likeness (QED) is 0.0639. The zero-order valence-corrected chi connectivity index (χ0v) is 42.4. The minimum absolute atomic E-state index is 0.00385. The van der Waals surface area contributed by atoms with Crippen LogP contribution in [0.15, 0.2) is 78.9 Å². The van der Waals surface area contributed by atoms with Gasteiger partial charge in [0.15, 0.2) is 40.0 Å². The molecule has 0 amide bonds. The van der Waals surface area contributed by atoms with Gasteiger partial charge in [0.05, 0.1) is 37.6 Å². The molecule has 7 aliphatic heterocycles. The van der Waals surface area contributed by atoms with E-state index < -0.39 is 65.4 Å². The van der Waals surface area contributed by atoms with Crippen LogP contribution in [0.3, 0.4) is 0 Å². The number of likely N-dealkylation sites (N-methyl/N-ethyl adjacent to an activating group) is 1. The summed E-state index contributed by atoms with van der Waals surface area (Å²) in [7, 11) is 4.89. The molecule has 18 nitrogen and oxygen atoms in total. The first kappa shape index (κ1) is 49.2. The highest BCUT2D eigenvalue weighted by Gasteiger charge is 2.62. The van der Waals surface area contributed by atoms with Crippen molar-refractivity contribution in [1.82, 2.24) is 15.1 Å². The standard InChI is InChI=1S/C55H55N3O15S/c1-28-19-34-20-36-51(60)58-37-25-66-52(61)55(35-22-38(64-5)39(21-33(35)17-18-56-55)72-53(62)67-23-31-13-9-7-10-14-31)26-74-50(42-41(37)48-47(69-27-70-48)29(2)46(42)71-30(3)59)44(58)43(57(36)4)40(34)49(45(28)65-6)73-54(63)68-24-32-15-11-8-12-16-32/h7-16,19,21-22,36-37,43-44,50-51,56,60H,17-18,20,23-27H2,1-6H3/t36-,37-,43+,44?,50-,51+,55-/m1/s1. The molecule has 0 aliphatic carbocycles. The van der Waals surface area contributed by atoms with Crippen LogP contribution in [0.5, 0.6) is 40.2 Å². The SMILES string of the molecule is COc1cc2c(cc1OC(=O)OCc1ccccc1)CCN[C@]21CS[C@@H]2c3c(OC(C)=O)c(C)c4c(c3[C@@H](COC1=O)N1C2[C@@H]2c3c(cc(C)c(OC)c3OC(=O)OCc3ccccc3)C[C@H]([C@@H]1O)N2C)OCO4. The number of aryl methyl sites for hydroxylation is 1. The van der Waals surface area contributed by atoms with Gasteiger partial charge in [0.2, 0.25) is 6.79 Å². The van der Waals surface area contributed by atoms with Crippen molar-refractivity contribution in [2.75, 3.05) is 47.0 Å². The molecule has 0 aromatic heterocycles. The van der Waals surface area contributed by atoms with Gasteiger partial charge in [0.1, 0.15) is 31.8 Å². The van der Waals surface area contributed by atoms with Crippen LogP contribution in [0.25, 0.3) is 0 Å². The number of nitrogens with one attached hydrogen (secondary N) is 1. The van der Waals surface area contributed by atoms with Crippen LogP contribution >= 0.6 is 11.8 Å². The molecule has 0 radical (unpaired) electrons. The van der Waals surface area contributed by atoms with Gasteiger partial charge in [-0.25, -0.2) is 14.4 Å². The highest BCUT2D eigenvalue weighted by Crippen LogP contribution is 2.64. The fourth-order valence-electron chi connectivity index (χ4n) is 11.8. The summed E-state index contributed by atoms with van der Waals surface area (Å²) in [5.74, 6) is 0.704. The van der Waals surface area contributed by atoms with Crippen molar-refractivity contribution < 1.29 is 71.7 Å². The average Bonchev–Trinajstić information content (AvgIpc) is 3.90. The first-order valence-corrected chi connectivity index (χ1v) is 25.4. The minimum Gasteiger partial charge on any atom is -0.493 e. The smallest absolute Gasteiger partial charge is 0.493 e. The lowest BCUT2D eigenvalue weighted by molar-refractivity contribution is -0.186. The molecule has 5 aromatic carbocycles. The summed E-state index contributed by atoms with van der Waals surface area (Å²) >= 11 is 1.41. The van der Waals surface area contributed by atoms with Crippen molar-refractivity contribution in [3.8, 4) is 40.2 Å². The third kappa shape index (κ3) is 8.30. The van der Waals surface area contributed by atoms with Crippen LogP contribution in [0, 0.1) is 13.8 Å². The van der Waals surface area contributed by atoms with E-state index in [0.29, 0.717) is 75.6 Å². The molecule has 12 rings (SSSR count). The Bertz CT molecular complexity index is 3070. The second kappa shape index (κ2) is 19.7. The number of aliphatic hydroxyl groups is 1. The molecule has 5 aromatic rings. The number of benzene rings is 5. The number of carbonyl (C=O) groups is 4. The Morgan fingerprint density at radius 2 is 1.49 bits per heavy atom. The van der Waals surface area contributed by atoms with Gasteiger partial charge in [-0.1, -0.05) is 66.7 Å². The van der Waals surface area contributed by atoms with E-state index in [1.54, 1.807) is 19.1 Å². The third-order valence-corrected chi connectivity index (χ3v) is 16.5. The molecule has 4 bridgehead atoms. The number of thioether (sulfide) groups is 1. The number of hydrogen-bond donors (Lipinski definition) is 2. The Labute approximate surface area is 431 Å². The van der Waals surface area contributed by atoms with Crippen molar-refractivity contribution in [1.29, 1.82) is 0 Å². The molecule has 7 aliphatic rings. The second-order valence-electron chi connectivity index (χ2n) is 19.1. The molecule has 2 fully saturated rings. The molecule has 386 valence electrons. The highest BCUT2D eigenvalue weighted by atomic mass is 32.2. The average molecular weight is 1030 g/mol. The lowest BCUT2D eigenvalue weighted by Crippen LogP contribution is -2.70. The van der Waals surface area contributed by atoms with Crippen LogP contribution in [-0.4, -0.2) is 104 Å². The van der Waals surface area contributed by atoms with E-state index in [2.05, 4.69) is 10.2 Å². The number of fused-ring (bicyclic) bond motifs is 9. The van der Waals surface area contributed by atoms with E-state index in [1.165, 1.54) is 32.9 Å². The maximum Gasteiger partial charge on any atom is 0.514 e. The summed E-state index contributed by atoms with van der Waals surface area (Å²) in [5, 5.41) is 15.8. The summed E-state index contributed by atoms with van der Waals surface area (Å²) in [4.78, 5) is 59.6. The summed E-state index contributed by atoms with van der Waals surface area (Å²) in [6.45, 7) is 4.90. The summed E-state index contributed by atoms with van der Waals surface area (Å²) in [6, 6.07) is 21.1. The molecule has 7 atom stereocenters. The monoisotopic (exact) mass is 1030 g/mol. The number of aliphatic hydroxyl groups excluding tert-OH is 1. The van der Waals surface area contributed by atoms with Crippen molar-refractivity contribution >= 4 is 36.0 Å². The molecule has 2 saturated heterocycles. The number of nitrogens with zero attached hydrogens (tertiary/aromatic N) is 2. The van der Waals surface area contributed by atoms with Gasteiger partial charge in [-0.3, -0.25) is 19.9 Å². The first-order chi connectivity index (χ1) is 35.8. The normalized spacial score (nSPS) is 24.3. The van der Waals surface area contributed by atoms with Crippen molar-refractivity contribution in [2.45, 2.75) is 88.0 Å². The topological polar surface area (TPSA) is 199 Å². The maximum absolute atomic E-state index is 15.3. The molecule has 1 unspecified atom stereocenters. The van der Waals surface area contributed by atoms with Crippen molar-refractivity contribution in [3.05, 3.63) is 134 Å². The molecule has 1 spiro atoms. The van der Waals surface area contributed by atoms with Gasteiger partial charge in [-0.2, -0.15) is 0 Å². The van der Waals surface area contributed by atoms with Crippen molar-refractivity contribution in [3.63, 3.8) is 0 Å².